The average molecular weight is 361 g/mol. The maximum Gasteiger partial charge on any atom is 0.440 e. The Bertz CT molecular complexity index is 497. The van der Waals surface area contributed by atoms with Crippen molar-refractivity contribution < 1.29 is 61.9 Å². The summed E-state index contributed by atoms with van der Waals surface area (Å²) >= 11 is 0. The van der Waals surface area contributed by atoms with Crippen molar-refractivity contribution in [3.05, 3.63) is 11.9 Å². The molecule has 0 spiro atoms. The molecule has 130 valence electrons. The Morgan fingerprint density at radius 3 is 1.59 bits per heavy atom. The van der Waals surface area contributed by atoms with Gasteiger partial charge in [-0.15, -0.1) is 4.48 Å². The van der Waals surface area contributed by atoms with E-state index in [1.54, 1.807) is 0 Å². The zero-order valence-electron chi connectivity index (χ0n) is 9.27. The van der Waals surface area contributed by atoms with E-state index in [2.05, 4.69) is 0 Å². The van der Waals surface area contributed by atoms with E-state index in [4.69, 9.17) is 0 Å². The maximum atomic E-state index is 13.4. The molecular formula is C7F13NO. The van der Waals surface area contributed by atoms with Gasteiger partial charge in [0.05, 0.1) is 0 Å². The fraction of sp³-hybridized carbons (Fsp3) is 0.714. The molecule has 0 aromatic heterocycles. The monoisotopic (exact) mass is 361 g/mol. The Morgan fingerprint density at radius 2 is 1.23 bits per heavy atom. The molecule has 0 bridgehead atoms. The molecule has 0 aliphatic carbocycles. The average Bonchev–Trinajstić information content (AvgIpc) is 2.33. The smallest absolute Gasteiger partial charge is 0.264 e. The summed E-state index contributed by atoms with van der Waals surface area (Å²) in [6.45, 7) is 0. The van der Waals surface area contributed by atoms with Crippen LogP contribution in [0.15, 0.2) is 11.9 Å². The highest BCUT2D eigenvalue weighted by atomic mass is 19.4. The number of hydrogen-bond acceptors (Lipinski definition) is 2. The molecule has 0 N–H and O–H groups in total. The van der Waals surface area contributed by atoms with Gasteiger partial charge in [-0.05, 0) is 5.12 Å². The molecule has 0 aromatic rings. The minimum absolute atomic E-state index is 1.86. The lowest BCUT2D eigenvalue weighted by atomic mass is 10.0. The van der Waals surface area contributed by atoms with Crippen LogP contribution in [-0.4, -0.2) is 35.1 Å². The first-order valence-corrected chi connectivity index (χ1v) is 4.54. The van der Waals surface area contributed by atoms with E-state index < -0.39 is 47.0 Å². The van der Waals surface area contributed by atoms with Crippen molar-refractivity contribution in [3.8, 4) is 0 Å². The highest BCUT2D eigenvalue weighted by Crippen LogP contribution is 2.61. The first-order valence-electron chi connectivity index (χ1n) is 4.54. The molecule has 1 aliphatic heterocycles. The summed E-state index contributed by atoms with van der Waals surface area (Å²) in [6.07, 6.45) is -10.8. The van der Waals surface area contributed by atoms with Crippen LogP contribution in [0.25, 0.3) is 0 Å². The molecule has 22 heavy (non-hydrogen) atoms. The minimum atomic E-state index is -6.98. The second-order valence-electron chi connectivity index (χ2n) is 3.73. The summed E-state index contributed by atoms with van der Waals surface area (Å²) in [6, 6.07) is -13.6. The van der Waals surface area contributed by atoms with Crippen LogP contribution >= 0.6 is 0 Å². The third kappa shape index (κ3) is 2.04. The second-order valence-corrected chi connectivity index (χ2v) is 3.73. The summed E-state index contributed by atoms with van der Waals surface area (Å²) < 4.78 is 165. The quantitative estimate of drug-likeness (QED) is 0.412. The number of ether oxygens (including phenoxy) is 1. The number of rotatable bonds is 2. The number of hydrogen-bond donors (Lipinski definition) is 0. The van der Waals surface area contributed by atoms with Crippen LogP contribution in [-0.2, 0) is 4.74 Å². The van der Waals surface area contributed by atoms with Crippen LogP contribution in [0.2, 0.25) is 0 Å². The minimum Gasteiger partial charge on any atom is -0.264 e. The second kappa shape index (κ2) is 4.62. The Morgan fingerprint density at radius 1 is 0.818 bits per heavy atom. The molecule has 15 heteroatoms. The van der Waals surface area contributed by atoms with Crippen molar-refractivity contribution >= 4 is 0 Å². The van der Waals surface area contributed by atoms with E-state index in [0.29, 0.717) is 0 Å². The lowest BCUT2D eigenvalue weighted by Crippen LogP contribution is -2.77. The van der Waals surface area contributed by atoms with Crippen LogP contribution in [0.4, 0.5) is 57.2 Å². The predicted octanol–water partition coefficient (Wildman–Crippen LogP) is 4.36. The van der Waals surface area contributed by atoms with Gasteiger partial charge >= 0.3 is 36.1 Å². The van der Waals surface area contributed by atoms with E-state index in [9.17, 15) is 57.2 Å². The molecule has 0 radical (unpaired) electrons. The molecule has 1 unspecified atom stereocenters. The summed E-state index contributed by atoms with van der Waals surface area (Å²) in [5, 5.41) is -3.67. The number of nitrogens with zero attached hydrogens (tertiary/aromatic N) is 1. The van der Waals surface area contributed by atoms with Crippen LogP contribution in [0.1, 0.15) is 0 Å². The molecule has 1 heterocycles. The highest BCUT2D eigenvalue weighted by molar-refractivity contribution is 5.16. The fourth-order valence-electron chi connectivity index (χ4n) is 1.23. The number of morpholine rings is 1. The first kappa shape index (κ1) is 18.8. The molecule has 1 saturated heterocycles. The zero-order chi connectivity index (χ0) is 17.9. The summed E-state index contributed by atoms with van der Waals surface area (Å²) in [5.41, 5.74) is 0. The fourth-order valence-corrected chi connectivity index (χ4v) is 1.23. The first-order chi connectivity index (χ1) is 9.47. The summed E-state index contributed by atoms with van der Waals surface area (Å²) in [4.78, 5) is 0. The van der Waals surface area contributed by atoms with Crippen LogP contribution in [0.3, 0.4) is 0 Å². The van der Waals surface area contributed by atoms with Gasteiger partial charge in [-0.1, -0.05) is 0 Å². The zero-order valence-corrected chi connectivity index (χ0v) is 9.27. The van der Waals surface area contributed by atoms with Gasteiger partial charge in [-0.3, -0.25) is 4.74 Å². The number of halogens is 13. The van der Waals surface area contributed by atoms with E-state index in [1.165, 1.54) is 0 Å². The Balaban J connectivity index is 3.61. The van der Waals surface area contributed by atoms with Gasteiger partial charge in [0, 0.05) is 0 Å². The largest absolute Gasteiger partial charge is 0.440 e. The normalized spacial score (nSPS) is 31.0. The van der Waals surface area contributed by atoms with Crippen molar-refractivity contribution in [1.82, 2.24) is 5.12 Å². The van der Waals surface area contributed by atoms with E-state index in [-0.39, 0.29) is 0 Å². The van der Waals surface area contributed by atoms with E-state index >= 15 is 0 Å². The number of alkyl halides is 9. The Kier molecular flexibility index (Phi) is 3.95. The lowest BCUT2D eigenvalue weighted by molar-refractivity contribution is -0.583. The molecule has 2 nitrogen and oxygen atoms in total. The van der Waals surface area contributed by atoms with Gasteiger partial charge < -0.3 is 0 Å². The standard InChI is InChI=1S/C7F13NO/c8-1(2(9)10)3(11,12)4(13)5(14,15)21(20)6(16,17)7(18,19)22-4. The molecule has 1 fully saturated rings. The molecule has 0 aromatic carbocycles. The van der Waals surface area contributed by atoms with E-state index in [0.717, 1.165) is 0 Å². The molecular weight excluding hydrogens is 361 g/mol. The third-order valence-corrected chi connectivity index (χ3v) is 2.34. The molecule has 1 atom stereocenters. The van der Waals surface area contributed by atoms with Crippen molar-refractivity contribution in [1.29, 1.82) is 0 Å². The summed E-state index contributed by atoms with van der Waals surface area (Å²) in [5.74, 6) is -18.2. The topological polar surface area (TPSA) is 12.5 Å². The van der Waals surface area contributed by atoms with Gasteiger partial charge in [0.25, 0.3) is 0 Å². The van der Waals surface area contributed by atoms with Gasteiger partial charge in [0.15, 0.2) is 0 Å². The SMILES string of the molecule is FC(F)=C(F)C(F)(F)C1(F)OC(F)(F)C(F)(F)N(F)C1(F)F. The maximum absolute atomic E-state index is 13.4. The molecule has 1 rings (SSSR count). The van der Waals surface area contributed by atoms with Gasteiger partial charge in [-0.2, -0.15) is 52.7 Å². The van der Waals surface area contributed by atoms with Crippen molar-refractivity contribution in [3.63, 3.8) is 0 Å². The van der Waals surface area contributed by atoms with Gasteiger partial charge in [0.1, 0.15) is 0 Å². The van der Waals surface area contributed by atoms with Crippen molar-refractivity contribution in [2.24, 2.45) is 0 Å². The van der Waals surface area contributed by atoms with Crippen LogP contribution < -0.4 is 0 Å². The molecule has 0 saturated carbocycles. The van der Waals surface area contributed by atoms with E-state index in [1.807, 2.05) is 4.74 Å². The van der Waals surface area contributed by atoms with Crippen LogP contribution in [0, 0.1) is 0 Å². The lowest BCUT2D eigenvalue weighted by Gasteiger charge is -2.47. The molecule has 0 amide bonds. The van der Waals surface area contributed by atoms with Gasteiger partial charge in [-0.25, -0.2) is 0 Å². The summed E-state index contributed by atoms with van der Waals surface area (Å²) in [7, 11) is 0. The van der Waals surface area contributed by atoms with Crippen LogP contribution in [0.5, 0.6) is 0 Å². The predicted molar refractivity (Wildman–Crippen MR) is 38.0 cm³/mol. The van der Waals surface area contributed by atoms with Gasteiger partial charge in [0.2, 0.25) is 5.83 Å². The van der Waals surface area contributed by atoms with Crippen molar-refractivity contribution in [2.45, 2.75) is 30.0 Å². The van der Waals surface area contributed by atoms with Crippen molar-refractivity contribution in [2.75, 3.05) is 0 Å². The third-order valence-electron chi connectivity index (χ3n) is 2.34. The Labute approximate surface area is 110 Å². The highest BCUT2D eigenvalue weighted by Gasteiger charge is 2.89. The molecule has 1 aliphatic rings. The Hall–Kier alpha value is -1.25.